The van der Waals surface area contributed by atoms with Crippen molar-refractivity contribution in [1.82, 2.24) is 19.1 Å². The minimum absolute atomic E-state index is 0.390. The minimum atomic E-state index is -4.49. The van der Waals surface area contributed by atoms with Gasteiger partial charge >= 0.3 is 6.18 Å². The van der Waals surface area contributed by atoms with Crippen LogP contribution in [0.15, 0.2) is 140 Å². The predicted octanol–water partition coefficient (Wildman–Crippen LogP) is 14.8. The molecule has 7 aromatic carbocycles. The highest BCUT2D eigenvalue weighted by atomic mass is 19.4. The monoisotopic (exact) mass is 801 g/mol. The summed E-state index contributed by atoms with van der Waals surface area (Å²) in [7, 11) is 0. The van der Waals surface area contributed by atoms with Gasteiger partial charge in [0.15, 0.2) is 5.69 Å². The van der Waals surface area contributed by atoms with E-state index in [1.165, 1.54) is 23.3 Å². The summed E-state index contributed by atoms with van der Waals surface area (Å²) < 4.78 is 46.9. The van der Waals surface area contributed by atoms with Crippen LogP contribution >= 0.6 is 0 Å². The molecule has 3 heterocycles. The summed E-state index contributed by atoms with van der Waals surface area (Å²) in [5, 5.41) is 4.04. The van der Waals surface area contributed by atoms with Gasteiger partial charge in [0.05, 0.1) is 45.6 Å². The quantitative estimate of drug-likeness (QED) is 0.163. The van der Waals surface area contributed by atoms with Gasteiger partial charge in [0.2, 0.25) is 0 Å². The maximum absolute atomic E-state index is 14.2. The smallest absolute Gasteiger partial charge is 0.308 e. The summed E-state index contributed by atoms with van der Waals surface area (Å²) in [6, 6.07) is 45.5. The lowest BCUT2D eigenvalue weighted by atomic mass is 9.99. The topological polar surface area (TPSA) is 40.0 Å². The second-order valence-corrected chi connectivity index (χ2v) is 16.1. The molecule has 0 fully saturated rings. The van der Waals surface area contributed by atoms with Crippen LogP contribution in [0.2, 0.25) is 0 Å². The molecule has 0 aliphatic carbocycles. The third kappa shape index (κ3) is 6.41. The van der Waals surface area contributed by atoms with Crippen molar-refractivity contribution in [3.05, 3.63) is 185 Å². The molecule has 0 aliphatic rings. The number of nitrogens with zero attached hydrogens (tertiary/aromatic N) is 5. The van der Waals surface area contributed by atoms with Crippen LogP contribution in [0, 0.1) is 41.2 Å². The van der Waals surface area contributed by atoms with E-state index in [1.807, 2.05) is 74.5 Å². The molecule has 0 spiro atoms. The number of aromatic nitrogens is 4. The Balaban J connectivity index is 1.35. The standard InChI is InChI=1S/C53H38F3N5/c1-30-19-31(2)21-37(20-30)35-15-17-43-41-12-8-10-14-47(41)61(49(43)26-35)51-29-45(57-6)44(52-58-33(4)24-34(5)59-52)28-50(51)60-46-13-9-7-11-40(46)42-18-16-36(27-48(42)60)38-22-32(3)23-39(25-38)53(54,55)56/h7-29H,1-5H3. The zero-order valence-electron chi connectivity index (χ0n) is 34.1. The first-order valence-electron chi connectivity index (χ1n) is 20.1. The lowest BCUT2D eigenvalue weighted by Crippen LogP contribution is -2.06. The van der Waals surface area contributed by atoms with Crippen molar-refractivity contribution in [2.75, 3.05) is 0 Å². The molecule has 0 radical (unpaired) electrons. The molecule has 61 heavy (non-hydrogen) atoms. The Morgan fingerprint density at radius 1 is 0.475 bits per heavy atom. The Morgan fingerprint density at radius 2 is 0.951 bits per heavy atom. The Labute approximate surface area is 350 Å². The van der Waals surface area contributed by atoms with Gasteiger partial charge in [-0.15, -0.1) is 0 Å². The maximum atomic E-state index is 14.2. The van der Waals surface area contributed by atoms with Gasteiger partial charge in [-0.25, -0.2) is 14.8 Å². The van der Waals surface area contributed by atoms with Crippen molar-refractivity contribution in [3.63, 3.8) is 0 Å². The zero-order chi connectivity index (χ0) is 42.3. The molecule has 0 amide bonds. The zero-order valence-corrected chi connectivity index (χ0v) is 34.1. The van der Waals surface area contributed by atoms with Gasteiger partial charge < -0.3 is 9.13 Å². The molecule has 3 aromatic heterocycles. The van der Waals surface area contributed by atoms with Crippen LogP contribution in [-0.4, -0.2) is 19.1 Å². The summed E-state index contributed by atoms with van der Waals surface area (Å²) in [5.74, 6) is 0.441. The molecular formula is C53H38F3N5. The normalized spacial score (nSPS) is 11.9. The van der Waals surface area contributed by atoms with Gasteiger partial charge in [0, 0.05) is 38.5 Å². The average molecular weight is 802 g/mol. The van der Waals surface area contributed by atoms with E-state index in [4.69, 9.17) is 16.5 Å². The molecule has 5 nitrogen and oxygen atoms in total. The SMILES string of the molecule is [C-]#[N+]c1cc(-n2c3ccccc3c3ccc(-c4cc(C)cc(C)c4)cc32)c(-n2c3ccccc3c3ccc(-c4cc(C)cc(C(F)(F)F)c4)cc32)cc1-c1nc(C)cc(C)n1. The minimum Gasteiger partial charge on any atom is -0.308 e. The van der Waals surface area contributed by atoms with E-state index in [0.29, 0.717) is 33.8 Å². The fraction of sp³-hybridized carbons (Fsp3) is 0.113. The number of para-hydroxylation sites is 2. The average Bonchev–Trinajstić information content (AvgIpc) is 3.74. The Morgan fingerprint density at radius 3 is 1.48 bits per heavy atom. The molecule has 8 heteroatoms. The van der Waals surface area contributed by atoms with Gasteiger partial charge in [-0.05, 0) is 117 Å². The highest BCUT2D eigenvalue weighted by Crippen LogP contribution is 2.44. The highest BCUT2D eigenvalue weighted by molar-refractivity contribution is 6.13. The molecule has 0 unspecified atom stereocenters. The number of rotatable bonds is 5. The summed E-state index contributed by atoms with van der Waals surface area (Å²) in [6.45, 7) is 18.3. The number of fused-ring (bicyclic) bond motifs is 6. The van der Waals surface area contributed by atoms with E-state index in [9.17, 15) is 13.2 Å². The van der Waals surface area contributed by atoms with Gasteiger partial charge in [0.1, 0.15) is 5.82 Å². The number of benzene rings is 7. The number of hydrogen-bond donors (Lipinski definition) is 0. The first-order chi connectivity index (χ1) is 29.3. The fourth-order valence-electron chi connectivity index (χ4n) is 9.12. The molecule has 10 aromatic rings. The summed E-state index contributed by atoms with van der Waals surface area (Å²) in [6.07, 6.45) is -4.49. The highest BCUT2D eigenvalue weighted by Gasteiger charge is 2.31. The van der Waals surface area contributed by atoms with E-state index < -0.39 is 11.7 Å². The third-order valence-electron chi connectivity index (χ3n) is 11.6. The van der Waals surface area contributed by atoms with Crippen LogP contribution in [0.4, 0.5) is 18.9 Å². The van der Waals surface area contributed by atoms with Gasteiger partial charge in [0.25, 0.3) is 0 Å². The molecule has 296 valence electrons. The first kappa shape index (κ1) is 37.7. The number of hydrogen-bond acceptors (Lipinski definition) is 2. The van der Waals surface area contributed by atoms with E-state index in [2.05, 4.69) is 88.5 Å². The van der Waals surface area contributed by atoms with Crippen molar-refractivity contribution in [2.45, 2.75) is 40.8 Å². The van der Waals surface area contributed by atoms with Gasteiger partial charge in [-0.2, -0.15) is 13.2 Å². The van der Waals surface area contributed by atoms with Crippen molar-refractivity contribution in [3.8, 4) is 45.0 Å². The fourth-order valence-corrected chi connectivity index (χ4v) is 9.12. The summed E-state index contributed by atoms with van der Waals surface area (Å²) in [5.41, 5.74) is 13.1. The van der Waals surface area contributed by atoms with E-state index >= 15 is 0 Å². The van der Waals surface area contributed by atoms with Crippen molar-refractivity contribution in [1.29, 1.82) is 0 Å². The summed E-state index contributed by atoms with van der Waals surface area (Å²) >= 11 is 0. The molecule has 0 saturated heterocycles. The van der Waals surface area contributed by atoms with E-state index in [0.717, 1.165) is 77.5 Å². The van der Waals surface area contributed by atoms with Crippen molar-refractivity contribution < 1.29 is 13.2 Å². The van der Waals surface area contributed by atoms with Crippen molar-refractivity contribution >= 4 is 49.3 Å². The number of aryl methyl sites for hydroxylation is 5. The molecule has 0 bridgehead atoms. The van der Waals surface area contributed by atoms with Crippen LogP contribution in [0.25, 0.3) is 93.5 Å². The second kappa shape index (κ2) is 14.1. The lowest BCUT2D eigenvalue weighted by molar-refractivity contribution is -0.137. The largest absolute Gasteiger partial charge is 0.416 e. The first-order valence-corrected chi connectivity index (χ1v) is 20.1. The maximum Gasteiger partial charge on any atom is 0.416 e. The summed E-state index contributed by atoms with van der Waals surface area (Å²) in [4.78, 5) is 13.8. The van der Waals surface area contributed by atoms with Crippen LogP contribution in [-0.2, 0) is 6.18 Å². The Hall–Kier alpha value is -7.50. The third-order valence-corrected chi connectivity index (χ3v) is 11.6. The Kier molecular flexibility index (Phi) is 8.70. The van der Waals surface area contributed by atoms with Gasteiger partial charge in [-0.1, -0.05) is 96.1 Å². The van der Waals surface area contributed by atoms with Gasteiger partial charge in [-0.3, -0.25) is 0 Å². The second-order valence-electron chi connectivity index (χ2n) is 16.1. The molecule has 0 saturated carbocycles. The van der Waals surface area contributed by atoms with E-state index in [1.54, 1.807) is 13.0 Å². The van der Waals surface area contributed by atoms with Crippen LogP contribution in [0.3, 0.4) is 0 Å². The number of halogens is 3. The van der Waals surface area contributed by atoms with Crippen LogP contribution in [0.5, 0.6) is 0 Å². The predicted molar refractivity (Wildman–Crippen MR) is 242 cm³/mol. The van der Waals surface area contributed by atoms with E-state index in [-0.39, 0.29) is 0 Å². The molecule has 10 rings (SSSR count). The molecule has 0 aliphatic heterocycles. The van der Waals surface area contributed by atoms with Crippen LogP contribution in [0.1, 0.15) is 33.6 Å². The molecule has 0 atom stereocenters. The molecular weight excluding hydrogens is 764 g/mol. The Bertz CT molecular complexity index is 3450. The number of alkyl halides is 3. The van der Waals surface area contributed by atoms with Crippen molar-refractivity contribution in [2.24, 2.45) is 0 Å². The van der Waals surface area contributed by atoms with Crippen LogP contribution < -0.4 is 0 Å². The lowest BCUT2D eigenvalue weighted by Gasteiger charge is -2.20. The molecule has 0 N–H and O–H groups in total.